The number of nitrogens with zero attached hydrogens (tertiary/aromatic N) is 3. The molecule has 0 aromatic heterocycles. The van der Waals surface area contributed by atoms with Crippen LogP contribution in [-0.2, 0) is 0 Å². The highest BCUT2D eigenvalue weighted by Gasteiger charge is 2.12. The van der Waals surface area contributed by atoms with Gasteiger partial charge >= 0.3 is 0 Å². The Morgan fingerprint density at radius 3 is 2.54 bits per heavy atom. The van der Waals surface area contributed by atoms with E-state index in [0.717, 1.165) is 5.12 Å². The first-order valence-electron chi connectivity index (χ1n) is 3.73. The normalized spacial score (nSPS) is 10.2. The van der Waals surface area contributed by atoms with Crippen LogP contribution in [0.1, 0.15) is 6.92 Å². The second kappa shape index (κ2) is 4.20. The maximum atomic E-state index is 10.5. The molecule has 5 heteroatoms. The van der Waals surface area contributed by atoms with Gasteiger partial charge < -0.3 is 10.1 Å². The zero-order valence-corrected chi connectivity index (χ0v) is 7.12. The van der Waals surface area contributed by atoms with Gasteiger partial charge in [-0.15, -0.1) is 0 Å². The Morgan fingerprint density at radius 2 is 2.08 bits per heavy atom. The van der Waals surface area contributed by atoms with E-state index in [1.165, 1.54) is 6.21 Å². The number of anilines is 1. The topological polar surface area (TPSA) is 58.7 Å². The van der Waals surface area contributed by atoms with Crippen LogP contribution in [0.3, 0.4) is 0 Å². The number of hydrazone groups is 1. The molecule has 0 aliphatic rings. The Hall–Kier alpha value is -1.91. The first kappa shape index (κ1) is 9.18. The molecule has 1 aromatic carbocycles. The monoisotopic (exact) mass is 179 g/mol. The Labute approximate surface area is 75.4 Å². The predicted octanol–water partition coefficient (Wildman–Crippen LogP) is 1.69. The molecule has 68 valence electrons. The molecule has 0 fully saturated rings. The summed E-state index contributed by atoms with van der Waals surface area (Å²) in [5.74, 6) is 0. The van der Waals surface area contributed by atoms with Gasteiger partial charge in [-0.1, -0.05) is 18.2 Å². The fourth-order valence-electron chi connectivity index (χ4n) is 0.874. The summed E-state index contributed by atoms with van der Waals surface area (Å²) >= 11 is 0. The van der Waals surface area contributed by atoms with Gasteiger partial charge in [0.15, 0.2) is 0 Å². The van der Waals surface area contributed by atoms with Crippen LogP contribution in [0.15, 0.2) is 35.4 Å². The summed E-state index contributed by atoms with van der Waals surface area (Å²) in [7, 11) is 0. The minimum absolute atomic E-state index is 0.436. The van der Waals surface area contributed by atoms with Crippen LogP contribution in [-0.4, -0.2) is 11.2 Å². The van der Waals surface area contributed by atoms with E-state index in [4.69, 9.17) is 0 Å². The summed E-state index contributed by atoms with van der Waals surface area (Å²) in [6.07, 6.45) is 1.37. The average Bonchev–Trinajstić information content (AvgIpc) is 2.15. The lowest BCUT2D eigenvalue weighted by atomic mass is 10.3. The van der Waals surface area contributed by atoms with Gasteiger partial charge in [0.25, 0.3) is 0 Å². The minimum Gasteiger partial charge on any atom is -0.339 e. The second-order valence-corrected chi connectivity index (χ2v) is 2.24. The van der Waals surface area contributed by atoms with Crippen LogP contribution in [0.25, 0.3) is 0 Å². The lowest BCUT2D eigenvalue weighted by Crippen LogP contribution is -2.23. The summed E-state index contributed by atoms with van der Waals surface area (Å²) in [4.78, 5) is 10.5. The van der Waals surface area contributed by atoms with Crippen molar-refractivity contribution in [3.8, 4) is 0 Å². The number of nitro groups is 1. The van der Waals surface area contributed by atoms with Gasteiger partial charge in [-0.3, -0.25) is 0 Å². The van der Waals surface area contributed by atoms with Crippen molar-refractivity contribution in [3.63, 3.8) is 0 Å². The summed E-state index contributed by atoms with van der Waals surface area (Å²) < 4.78 is 0. The fourth-order valence-corrected chi connectivity index (χ4v) is 0.874. The van der Waals surface area contributed by atoms with Crippen molar-refractivity contribution < 1.29 is 5.03 Å². The molecule has 0 atom stereocenters. The predicted molar refractivity (Wildman–Crippen MR) is 50.1 cm³/mol. The maximum absolute atomic E-state index is 10.5. The van der Waals surface area contributed by atoms with E-state index in [0.29, 0.717) is 5.69 Å². The Kier molecular flexibility index (Phi) is 2.97. The molecular formula is C8H9N3O2. The molecule has 5 nitrogen and oxygen atoms in total. The number of hydrogen-bond acceptors (Lipinski definition) is 3. The molecule has 1 rings (SSSR count). The Morgan fingerprint density at radius 1 is 1.46 bits per heavy atom. The molecule has 0 radical (unpaired) electrons. The van der Waals surface area contributed by atoms with Gasteiger partial charge in [0.05, 0.1) is 5.03 Å². The van der Waals surface area contributed by atoms with Crippen LogP contribution in [0.2, 0.25) is 0 Å². The van der Waals surface area contributed by atoms with Crippen molar-refractivity contribution in [2.45, 2.75) is 6.92 Å². The molecule has 0 unspecified atom stereocenters. The van der Waals surface area contributed by atoms with Gasteiger partial charge in [0.1, 0.15) is 11.9 Å². The fraction of sp³-hybridized carbons (Fsp3) is 0.125. The van der Waals surface area contributed by atoms with E-state index >= 15 is 0 Å². The van der Waals surface area contributed by atoms with Crippen LogP contribution in [0, 0.1) is 10.1 Å². The standard InChI is InChI=1S/C8H9N3O2/c1-2-9-10(11(12)13)8-6-4-3-5-7-8/h2-7H,1H3. The molecule has 13 heavy (non-hydrogen) atoms. The zero-order chi connectivity index (χ0) is 9.68. The molecule has 0 aliphatic carbocycles. The number of hydrazine groups is 1. The third kappa shape index (κ3) is 2.26. The smallest absolute Gasteiger partial charge is 0.140 e. The largest absolute Gasteiger partial charge is 0.339 e. The maximum Gasteiger partial charge on any atom is 0.140 e. The van der Waals surface area contributed by atoms with Crippen LogP contribution in [0.5, 0.6) is 0 Å². The summed E-state index contributed by atoms with van der Waals surface area (Å²) in [5.41, 5.74) is 0.436. The van der Waals surface area contributed by atoms with E-state index < -0.39 is 5.03 Å². The number of benzene rings is 1. The third-order valence-electron chi connectivity index (χ3n) is 1.37. The highest BCUT2D eigenvalue weighted by Crippen LogP contribution is 2.12. The van der Waals surface area contributed by atoms with Gasteiger partial charge in [0, 0.05) is 10.2 Å². The van der Waals surface area contributed by atoms with Gasteiger partial charge in [-0.2, -0.15) is 0 Å². The van der Waals surface area contributed by atoms with E-state index in [9.17, 15) is 10.1 Å². The number of rotatable bonds is 3. The van der Waals surface area contributed by atoms with Gasteiger partial charge in [-0.25, -0.2) is 0 Å². The Bertz CT molecular complexity index is 310. The van der Waals surface area contributed by atoms with E-state index in [-0.39, 0.29) is 0 Å². The van der Waals surface area contributed by atoms with Crippen LogP contribution >= 0.6 is 0 Å². The number of hydrogen-bond donors (Lipinski definition) is 0. The summed E-state index contributed by atoms with van der Waals surface area (Å²) in [5, 5.41) is 14.3. The minimum atomic E-state index is -0.574. The van der Waals surface area contributed by atoms with Crippen molar-refractivity contribution in [1.82, 2.24) is 0 Å². The zero-order valence-electron chi connectivity index (χ0n) is 7.12. The van der Waals surface area contributed by atoms with Crippen LogP contribution in [0.4, 0.5) is 5.69 Å². The molecule has 0 saturated carbocycles. The molecule has 0 N–H and O–H groups in total. The highest BCUT2D eigenvalue weighted by atomic mass is 16.7. The number of para-hydroxylation sites is 1. The van der Waals surface area contributed by atoms with Crippen molar-refractivity contribution in [2.24, 2.45) is 5.10 Å². The van der Waals surface area contributed by atoms with E-state index in [1.807, 2.05) is 0 Å². The van der Waals surface area contributed by atoms with E-state index in [1.54, 1.807) is 37.3 Å². The third-order valence-corrected chi connectivity index (χ3v) is 1.37. The highest BCUT2D eigenvalue weighted by molar-refractivity contribution is 5.56. The molecule has 0 aliphatic heterocycles. The lowest BCUT2D eigenvalue weighted by Gasteiger charge is -2.07. The van der Waals surface area contributed by atoms with Crippen molar-refractivity contribution in [3.05, 3.63) is 40.4 Å². The molecule has 0 spiro atoms. The van der Waals surface area contributed by atoms with Crippen molar-refractivity contribution in [1.29, 1.82) is 0 Å². The second-order valence-electron chi connectivity index (χ2n) is 2.24. The molecular weight excluding hydrogens is 170 g/mol. The lowest BCUT2D eigenvalue weighted by molar-refractivity contribution is -0.495. The van der Waals surface area contributed by atoms with Gasteiger partial charge in [-0.05, 0) is 19.1 Å². The SMILES string of the molecule is CC=NN(c1ccccc1)[N+](=O)[O-]. The molecule has 1 aromatic rings. The first-order valence-corrected chi connectivity index (χ1v) is 3.73. The summed E-state index contributed by atoms with van der Waals surface area (Å²) in [6, 6.07) is 8.47. The average molecular weight is 179 g/mol. The van der Waals surface area contributed by atoms with E-state index in [2.05, 4.69) is 5.10 Å². The Balaban J connectivity index is 2.96. The molecule has 0 saturated heterocycles. The van der Waals surface area contributed by atoms with Gasteiger partial charge in [0.2, 0.25) is 0 Å². The van der Waals surface area contributed by atoms with Crippen molar-refractivity contribution in [2.75, 3.05) is 5.12 Å². The quantitative estimate of drug-likeness (QED) is 0.403. The van der Waals surface area contributed by atoms with Crippen LogP contribution < -0.4 is 5.12 Å². The molecule has 0 bridgehead atoms. The van der Waals surface area contributed by atoms with Crippen molar-refractivity contribution >= 4 is 11.9 Å². The first-order chi connectivity index (χ1) is 6.25. The molecule has 0 amide bonds. The summed E-state index contributed by atoms with van der Waals surface area (Å²) in [6.45, 7) is 1.62. The molecule has 0 heterocycles.